The van der Waals surface area contributed by atoms with E-state index in [1.165, 1.54) is 17.1 Å². The van der Waals surface area contributed by atoms with Gasteiger partial charge in [-0.1, -0.05) is 37.8 Å². The Balaban J connectivity index is 1.80. The molecule has 0 radical (unpaired) electrons. The predicted octanol–water partition coefficient (Wildman–Crippen LogP) is 1.40. The van der Waals surface area contributed by atoms with Gasteiger partial charge in [-0.25, -0.2) is 19.2 Å². The number of piperazine rings is 1. The first kappa shape index (κ1) is 25.5. The van der Waals surface area contributed by atoms with Gasteiger partial charge in [0.05, 0.1) is 19.7 Å². The lowest BCUT2D eigenvalue weighted by Crippen LogP contribution is -2.76. The largest absolute Gasteiger partial charge is 0.367 e. The number of unbranched alkanes of at least 4 members (excludes halogenated alkanes) is 1. The third kappa shape index (κ3) is 5.85. The van der Waals surface area contributed by atoms with Gasteiger partial charge in [0.15, 0.2) is 0 Å². The molecule has 2 aliphatic heterocycles. The molecule has 2 fully saturated rings. The van der Waals surface area contributed by atoms with E-state index in [1.54, 1.807) is 34.0 Å². The summed E-state index contributed by atoms with van der Waals surface area (Å²) in [6.07, 6.45) is 6.76. The number of rotatable bonds is 9. The summed E-state index contributed by atoms with van der Waals surface area (Å²) in [6, 6.07) is 4.83. The Morgan fingerprint density at radius 1 is 1.29 bits per heavy atom. The quantitative estimate of drug-likeness (QED) is 0.433. The second-order valence-electron chi connectivity index (χ2n) is 8.43. The molecule has 0 spiro atoms. The zero-order valence-corrected chi connectivity index (χ0v) is 19.7. The summed E-state index contributed by atoms with van der Waals surface area (Å²) in [5.74, 6) is 1.72. The Morgan fingerprint density at radius 2 is 2.03 bits per heavy atom. The van der Waals surface area contributed by atoms with Crippen LogP contribution < -0.4 is 5.32 Å². The number of hydrogen-bond donors (Lipinski definition) is 1. The molecule has 10 heteroatoms. The molecule has 9 nitrogen and oxygen atoms in total. The minimum absolute atomic E-state index is 0.0122. The Morgan fingerprint density at radius 3 is 2.71 bits per heavy atom. The molecule has 2 aliphatic rings. The number of amides is 4. The van der Waals surface area contributed by atoms with Crippen molar-refractivity contribution in [1.29, 1.82) is 0 Å². The van der Waals surface area contributed by atoms with E-state index in [0.29, 0.717) is 13.0 Å². The molecule has 2 saturated heterocycles. The minimum atomic E-state index is -0.647. The molecular weight excluding hydrogens is 441 g/mol. The van der Waals surface area contributed by atoms with Crippen molar-refractivity contribution in [1.82, 2.24) is 25.1 Å². The summed E-state index contributed by atoms with van der Waals surface area (Å²) in [5, 5.41) is 5.91. The summed E-state index contributed by atoms with van der Waals surface area (Å²) in [6.45, 7) is 3.11. The summed E-state index contributed by atoms with van der Waals surface area (Å²) in [5.41, 5.74) is 0.745. The van der Waals surface area contributed by atoms with Crippen LogP contribution in [0.2, 0.25) is 0 Å². The average Bonchev–Trinajstić information content (AvgIpc) is 2.81. The maximum Gasteiger partial charge on any atom is 0.334 e. The molecule has 2 atom stereocenters. The second-order valence-corrected chi connectivity index (χ2v) is 8.43. The van der Waals surface area contributed by atoms with Crippen molar-refractivity contribution in [2.45, 2.75) is 44.9 Å². The van der Waals surface area contributed by atoms with Gasteiger partial charge in [0, 0.05) is 20.1 Å². The number of fused-ring (bicyclic) bond motifs is 1. The van der Waals surface area contributed by atoms with Crippen LogP contribution in [-0.4, -0.2) is 89.8 Å². The molecule has 0 unspecified atom stereocenters. The Kier molecular flexibility index (Phi) is 8.85. The van der Waals surface area contributed by atoms with Gasteiger partial charge in [-0.3, -0.25) is 9.59 Å². The van der Waals surface area contributed by atoms with Crippen LogP contribution in [-0.2, 0) is 20.9 Å². The van der Waals surface area contributed by atoms with Crippen LogP contribution in [0.25, 0.3) is 0 Å². The number of benzene rings is 1. The minimum Gasteiger partial charge on any atom is -0.367 e. The summed E-state index contributed by atoms with van der Waals surface area (Å²) < 4.78 is 18.5. The first-order valence-electron chi connectivity index (χ1n) is 11.5. The van der Waals surface area contributed by atoms with Crippen molar-refractivity contribution in [3.63, 3.8) is 0 Å². The number of carbonyl (C=O) groups excluding carboxylic acids is 3. The standard InChI is InChI=1S/C24H32FN5O4/c1-4-6-7-20-23(32)28(12-14-34-13-5-2)16-21-29(20)22(31)17-27(3)30(21)24(33)26-15-18-8-10-19(25)11-9-18/h2,8-11,20-21H,4,6-7,12-17H2,1,3H3,(H,26,33)/t20-,21-/m0/s1. The number of nitrogens with one attached hydrogen (secondary N) is 1. The highest BCUT2D eigenvalue weighted by Gasteiger charge is 2.50. The van der Waals surface area contributed by atoms with Crippen molar-refractivity contribution in [2.75, 3.05) is 39.9 Å². The van der Waals surface area contributed by atoms with Crippen molar-refractivity contribution in [2.24, 2.45) is 0 Å². The molecule has 1 aromatic carbocycles. The third-order valence-electron chi connectivity index (χ3n) is 6.03. The lowest BCUT2D eigenvalue weighted by atomic mass is 10.0. The summed E-state index contributed by atoms with van der Waals surface area (Å²) in [4.78, 5) is 42.7. The van der Waals surface area contributed by atoms with Crippen molar-refractivity contribution in [3.8, 4) is 12.3 Å². The number of terminal acetylenes is 1. The van der Waals surface area contributed by atoms with E-state index in [0.717, 1.165) is 18.4 Å². The van der Waals surface area contributed by atoms with E-state index < -0.39 is 18.2 Å². The van der Waals surface area contributed by atoms with Gasteiger partial charge in [0.2, 0.25) is 11.8 Å². The van der Waals surface area contributed by atoms with Gasteiger partial charge >= 0.3 is 6.03 Å². The molecule has 3 rings (SSSR count). The van der Waals surface area contributed by atoms with Gasteiger partial charge in [-0.15, -0.1) is 6.42 Å². The van der Waals surface area contributed by atoms with Gasteiger partial charge in [0.1, 0.15) is 24.6 Å². The molecule has 2 heterocycles. The first-order valence-corrected chi connectivity index (χ1v) is 11.5. The van der Waals surface area contributed by atoms with E-state index in [9.17, 15) is 18.8 Å². The topological polar surface area (TPSA) is 85.4 Å². The Bertz CT molecular complexity index is 919. The lowest BCUT2D eigenvalue weighted by molar-refractivity contribution is -0.188. The van der Waals surface area contributed by atoms with Crippen molar-refractivity contribution < 1.29 is 23.5 Å². The van der Waals surface area contributed by atoms with E-state index in [2.05, 4.69) is 11.2 Å². The molecule has 184 valence electrons. The SMILES string of the molecule is C#CCOCCN1C[C@H]2N(C(=O)CN(C)N2C(=O)NCc2ccc(F)cc2)[C@@H](CCCC)C1=O. The van der Waals surface area contributed by atoms with E-state index in [4.69, 9.17) is 11.2 Å². The molecule has 1 aromatic rings. The maximum atomic E-state index is 13.3. The number of hydrazine groups is 1. The molecule has 0 bridgehead atoms. The Labute approximate surface area is 199 Å². The van der Waals surface area contributed by atoms with E-state index in [1.807, 2.05) is 6.92 Å². The van der Waals surface area contributed by atoms with Crippen LogP contribution in [0, 0.1) is 18.2 Å². The predicted molar refractivity (Wildman–Crippen MR) is 123 cm³/mol. The average molecular weight is 474 g/mol. The van der Waals surface area contributed by atoms with Crippen LogP contribution in [0.5, 0.6) is 0 Å². The monoisotopic (exact) mass is 473 g/mol. The van der Waals surface area contributed by atoms with Gasteiger partial charge in [-0.05, 0) is 24.1 Å². The molecule has 0 aromatic heterocycles. The third-order valence-corrected chi connectivity index (χ3v) is 6.03. The normalized spacial score (nSPS) is 20.8. The fourth-order valence-electron chi connectivity index (χ4n) is 4.35. The zero-order valence-electron chi connectivity index (χ0n) is 19.7. The van der Waals surface area contributed by atoms with Crippen molar-refractivity contribution in [3.05, 3.63) is 35.6 Å². The fraction of sp³-hybridized carbons (Fsp3) is 0.542. The van der Waals surface area contributed by atoms with Gasteiger partial charge in [-0.2, -0.15) is 0 Å². The Hall–Kier alpha value is -3.16. The number of halogens is 1. The smallest absolute Gasteiger partial charge is 0.334 e. The molecule has 34 heavy (non-hydrogen) atoms. The molecule has 0 aliphatic carbocycles. The van der Waals surface area contributed by atoms with E-state index >= 15 is 0 Å². The molecular formula is C24H32FN5O4. The number of likely N-dealkylation sites (N-methyl/N-ethyl adjacent to an activating group) is 1. The number of urea groups is 1. The highest BCUT2D eigenvalue weighted by atomic mass is 19.1. The highest BCUT2D eigenvalue weighted by Crippen LogP contribution is 2.28. The first-order chi connectivity index (χ1) is 16.4. The van der Waals surface area contributed by atoms with Crippen LogP contribution in [0.4, 0.5) is 9.18 Å². The lowest BCUT2D eigenvalue weighted by Gasteiger charge is -2.54. The van der Waals surface area contributed by atoms with Crippen LogP contribution in [0.3, 0.4) is 0 Å². The van der Waals surface area contributed by atoms with Crippen LogP contribution in [0.1, 0.15) is 31.7 Å². The summed E-state index contributed by atoms with van der Waals surface area (Å²) in [7, 11) is 1.67. The van der Waals surface area contributed by atoms with Crippen molar-refractivity contribution >= 4 is 17.8 Å². The number of carbonyl (C=O) groups is 3. The molecule has 1 N–H and O–H groups in total. The fourth-order valence-corrected chi connectivity index (χ4v) is 4.35. The van der Waals surface area contributed by atoms with E-state index in [-0.39, 0.29) is 50.5 Å². The highest BCUT2D eigenvalue weighted by molar-refractivity contribution is 5.91. The summed E-state index contributed by atoms with van der Waals surface area (Å²) >= 11 is 0. The van der Waals surface area contributed by atoms with Gasteiger partial charge < -0.3 is 19.9 Å². The molecule has 0 saturated carbocycles. The number of nitrogens with zero attached hydrogens (tertiary/aromatic N) is 4. The molecule has 4 amide bonds. The van der Waals surface area contributed by atoms with Crippen LogP contribution >= 0.6 is 0 Å². The second kappa shape index (κ2) is 11.8. The number of ether oxygens (including phenoxy) is 1. The van der Waals surface area contributed by atoms with Crippen LogP contribution in [0.15, 0.2) is 24.3 Å². The van der Waals surface area contributed by atoms with Gasteiger partial charge in [0.25, 0.3) is 0 Å². The number of hydrogen-bond acceptors (Lipinski definition) is 5. The maximum absolute atomic E-state index is 13.3. The zero-order chi connectivity index (χ0) is 24.7.